The van der Waals surface area contributed by atoms with Crippen LogP contribution in [-0.4, -0.2) is 16.7 Å². The van der Waals surface area contributed by atoms with Gasteiger partial charge in [0, 0.05) is 0 Å². The number of amidine groups is 1. The maximum Gasteiger partial charge on any atom is 0.257 e. The summed E-state index contributed by atoms with van der Waals surface area (Å²) in [4.78, 5) is 4.43. The Hall–Kier alpha value is -2.40. The van der Waals surface area contributed by atoms with Crippen molar-refractivity contribution in [1.29, 1.82) is 0 Å². The quantitative estimate of drug-likeness (QED) is 0.925. The second-order valence-electron chi connectivity index (χ2n) is 5.00. The molecule has 0 fully saturated rings. The first-order valence-electron chi connectivity index (χ1n) is 7.00. The number of nitrogens with zero attached hydrogens (tertiary/aromatic N) is 1. The van der Waals surface area contributed by atoms with Gasteiger partial charge >= 0.3 is 0 Å². The van der Waals surface area contributed by atoms with Crippen LogP contribution in [0.3, 0.4) is 0 Å². The minimum atomic E-state index is -0.393. The Bertz CT molecular complexity index is 733. The van der Waals surface area contributed by atoms with E-state index in [-0.39, 0.29) is 5.25 Å². The molecule has 0 spiro atoms. The smallest absolute Gasteiger partial charge is 0.257 e. The van der Waals surface area contributed by atoms with E-state index in [1.807, 2.05) is 60.7 Å². The van der Waals surface area contributed by atoms with Gasteiger partial charge in [0.05, 0.1) is 5.70 Å². The Morgan fingerprint density at radius 2 is 1.55 bits per heavy atom. The van der Waals surface area contributed by atoms with Gasteiger partial charge in [0.25, 0.3) is 6.29 Å². The van der Waals surface area contributed by atoms with Gasteiger partial charge in [-0.25, -0.2) is 4.99 Å². The number of hydrogen-bond donors (Lipinski definition) is 1. The van der Waals surface area contributed by atoms with Crippen molar-refractivity contribution in [1.82, 2.24) is 0 Å². The summed E-state index contributed by atoms with van der Waals surface area (Å²) in [6.07, 6.45) is 1.66. The normalized spacial score (nSPS) is 20.5. The number of aliphatic imine (C=N–C) groups is 1. The maximum absolute atomic E-state index is 5.99. The number of benzene rings is 2. The highest BCUT2D eigenvalue weighted by atomic mass is 32.2. The van der Waals surface area contributed by atoms with E-state index in [1.54, 1.807) is 0 Å². The highest BCUT2D eigenvalue weighted by molar-refractivity contribution is 8.14. The summed E-state index contributed by atoms with van der Waals surface area (Å²) in [5, 5.41) is 0.481. The Kier molecular flexibility index (Phi) is 3.27. The van der Waals surface area contributed by atoms with Gasteiger partial charge in [-0.3, -0.25) is 0 Å². The molecule has 0 aromatic heterocycles. The van der Waals surface area contributed by atoms with Crippen molar-refractivity contribution in [2.24, 2.45) is 10.7 Å². The van der Waals surface area contributed by atoms with Crippen molar-refractivity contribution >= 4 is 22.6 Å². The lowest BCUT2D eigenvalue weighted by atomic mass is 10.1. The van der Waals surface area contributed by atoms with Crippen molar-refractivity contribution in [3.8, 4) is 11.5 Å². The van der Waals surface area contributed by atoms with E-state index >= 15 is 0 Å². The molecule has 5 heteroatoms. The van der Waals surface area contributed by atoms with Crippen LogP contribution in [-0.2, 0) is 0 Å². The maximum atomic E-state index is 5.99. The molecule has 0 saturated carbocycles. The van der Waals surface area contributed by atoms with E-state index in [0.29, 0.717) is 5.17 Å². The van der Waals surface area contributed by atoms with E-state index in [0.717, 1.165) is 22.8 Å². The van der Waals surface area contributed by atoms with Crippen molar-refractivity contribution in [2.75, 3.05) is 0 Å². The zero-order chi connectivity index (χ0) is 14.9. The van der Waals surface area contributed by atoms with Gasteiger partial charge in [-0.15, -0.1) is 0 Å². The first kappa shape index (κ1) is 13.3. The molecule has 1 unspecified atom stereocenters. The van der Waals surface area contributed by atoms with Crippen LogP contribution in [0.5, 0.6) is 11.5 Å². The van der Waals surface area contributed by atoms with Gasteiger partial charge in [0.15, 0.2) is 16.7 Å². The number of rotatable bonds is 2. The summed E-state index contributed by atoms with van der Waals surface area (Å²) in [5.41, 5.74) is 7.87. The number of nitrogens with two attached hydrogens (primary N) is 1. The molecule has 2 heterocycles. The van der Waals surface area contributed by atoms with E-state index < -0.39 is 6.29 Å². The molecular weight excluding hydrogens is 296 g/mol. The van der Waals surface area contributed by atoms with Crippen LogP contribution in [0.4, 0.5) is 0 Å². The fourth-order valence-corrected chi connectivity index (χ4v) is 3.32. The first-order chi connectivity index (χ1) is 10.8. The van der Waals surface area contributed by atoms with Crippen LogP contribution in [0.15, 0.2) is 65.7 Å². The number of thioether (sulfide) groups is 1. The molecule has 4 nitrogen and oxygen atoms in total. The molecule has 0 bridgehead atoms. The third-order valence-corrected chi connectivity index (χ3v) is 4.45. The summed E-state index contributed by atoms with van der Waals surface area (Å²) in [7, 11) is 0. The number of hydrogen-bond acceptors (Lipinski definition) is 5. The van der Waals surface area contributed by atoms with Crippen LogP contribution in [0.2, 0.25) is 0 Å². The molecule has 0 amide bonds. The molecule has 22 heavy (non-hydrogen) atoms. The molecule has 2 aliphatic heterocycles. The third-order valence-electron chi connectivity index (χ3n) is 3.48. The Labute approximate surface area is 132 Å². The molecule has 2 N–H and O–H groups in total. The highest BCUT2D eigenvalue weighted by Crippen LogP contribution is 2.39. The van der Waals surface area contributed by atoms with E-state index in [1.165, 1.54) is 11.8 Å². The van der Waals surface area contributed by atoms with Crippen LogP contribution in [0, 0.1) is 0 Å². The van der Waals surface area contributed by atoms with Gasteiger partial charge in [-0.1, -0.05) is 54.2 Å². The minimum Gasteiger partial charge on any atom is -0.449 e. The number of para-hydroxylation sites is 2. The molecular formula is C17H14N2O2S. The minimum absolute atomic E-state index is 0.0416. The van der Waals surface area contributed by atoms with Crippen molar-refractivity contribution in [3.05, 3.63) is 66.2 Å². The molecule has 0 aliphatic carbocycles. The molecule has 4 rings (SSSR count). The Morgan fingerprint density at radius 1 is 0.909 bits per heavy atom. The van der Waals surface area contributed by atoms with E-state index in [4.69, 9.17) is 15.2 Å². The lowest BCUT2D eigenvalue weighted by Gasteiger charge is -2.22. The summed E-state index contributed by atoms with van der Waals surface area (Å²) < 4.78 is 11.8. The topological polar surface area (TPSA) is 56.8 Å². The van der Waals surface area contributed by atoms with Gasteiger partial charge in [-0.2, -0.15) is 0 Å². The Balaban J connectivity index is 1.61. The monoisotopic (exact) mass is 310 g/mol. The third kappa shape index (κ3) is 2.44. The summed E-state index contributed by atoms with van der Waals surface area (Å²) in [6, 6.07) is 17.6. The number of fused-ring (bicyclic) bond motifs is 1. The average molecular weight is 310 g/mol. The van der Waals surface area contributed by atoms with Gasteiger partial charge in [0.1, 0.15) is 5.25 Å². The van der Waals surface area contributed by atoms with Gasteiger partial charge in [-0.05, 0) is 23.8 Å². The number of ether oxygens (including phenoxy) is 2. The lowest BCUT2D eigenvalue weighted by molar-refractivity contribution is 0.0576. The van der Waals surface area contributed by atoms with E-state index in [9.17, 15) is 0 Å². The Morgan fingerprint density at radius 3 is 2.23 bits per heavy atom. The highest BCUT2D eigenvalue weighted by Gasteiger charge is 2.33. The molecule has 2 aliphatic rings. The first-order valence-corrected chi connectivity index (χ1v) is 7.88. The molecule has 110 valence electrons. The van der Waals surface area contributed by atoms with Gasteiger partial charge in [0.2, 0.25) is 0 Å². The van der Waals surface area contributed by atoms with E-state index in [2.05, 4.69) is 4.99 Å². The fraction of sp³-hybridized carbons (Fsp3) is 0.118. The van der Waals surface area contributed by atoms with Crippen molar-refractivity contribution in [3.63, 3.8) is 0 Å². The molecule has 1 atom stereocenters. The molecule has 0 radical (unpaired) electrons. The summed E-state index contributed by atoms with van der Waals surface area (Å²) >= 11 is 1.45. The zero-order valence-corrected chi connectivity index (χ0v) is 12.5. The largest absolute Gasteiger partial charge is 0.449 e. The second-order valence-corrected chi connectivity index (χ2v) is 6.20. The van der Waals surface area contributed by atoms with Gasteiger partial charge < -0.3 is 15.2 Å². The summed E-state index contributed by atoms with van der Waals surface area (Å²) in [6.45, 7) is 0. The summed E-state index contributed by atoms with van der Waals surface area (Å²) in [5.74, 6) is 1.53. The predicted octanol–water partition coefficient (Wildman–Crippen LogP) is 3.26. The van der Waals surface area contributed by atoms with Crippen molar-refractivity contribution in [2.45, 2.75) is 11.5 Å². The second kappa shape index (κ2) is 5.42. The zero-order valence-electron chi connectivity index (χ0n) is 11.7. The van der Waals surface area contributed by atoms with Crippen LogP contribution >= 0.6 is 11.8 Å². The standard InChI is InChI=1S/C17H14N2O2S/c18-17-19-12(11-6-2-1-3-7-11)10-15(22-17)16-20-13-8-4-5-9-14(13)21-16/h1-10,15-16H,(H2,18,19). The molecule has 2 aromatic rings. The average Bonchev–Trinajstić information content (AvgIpc) is 2.99. The van der Waals surface area contributed by atoms with Crippen LogP contribution in [0.25, 0.3) is 5.70 Å². The van der Waals surface area contributed by atoms with Crippen molar-refractivity contribution < 1.29 is 9.47 Å². The predicted molar refractivity (Wildman–Crippen MR) is 88.9 cm³/mol. The molecule has 0 saturated heterocycles. The molecule has 2 aromatic carbocycles. The lowest BCUT2D eigenvalue weighted by Crippen LogP contribution is -2.33. The SMILES string of the molecule is NC1=NC(c2ccccc2)=CC(C2Oc3ccccc3O2)S1. The van der Waals surface area contributed by atoms with Crippen LogP contribution in [0.1, 0.15) is 5.56 Å². The fourth-order valence-electron chi connectivity index (χ4n) is 2.47. The van der Waals surface area contributed by atoms with Crippen LogP contribution < -0.4 is 15.2 Å².